The zero-order valence-corrected chi connectivity index (χ0v) is 14.1. The van der Waals surface area contributed by atoms with Gasteiger partial charge in [-0.25, -0.2) is 13.4 Å². The highest BCUT2D eigenvalue weighted by atomic mass is 32.2. The molecule has 0 aliphatic carbocycles. The first-order valence-electron chi connectivity index (χ1n) is 7.41. The Labute approximate surface area is 139 Å². The molecule has 1 aromatic heterocycles. The lowest BCUT2D eigenvalue weighted by Gasteiger charge is -2.28. The number of aromatic amines is 1. The molecule has 0 amide bonds. The van der Waals surface area contributed by atoms with Gasteiger partial charge in [0.05, 0.1) is 22.8 Å². The van der Waals surface area contributed by atoms with Gasteiger partial charge in [0.1, 0.15) is 11.9 Å². The van der Waals surface area contributed by atoms with Crippen LogP contribution in [0.25, 0.3) is 10.9 Å². The normalized spacial score (nSPS) is 12.9. The lowest BCUT2D eigenvalue weighted by Crippen LogP contribution is -2.34. The highest BCUT2D eigenvalue weighted by Crippen LogP contribution is 2.27. The van der Waals surface area contributed by atoms with Gasteiger partial charge in [-0.2, -0.15) is 0 Å². The van der Waals surface area contributed by atoms with E-state index in [0.717, 1.165) is 6.26 Å². The number of anilines is 1. The summed E-state index contributed by atoms with van der Waals surface area (Å²) in [6.45, 7) is 1.70. The van der Waals surface area contributed by atoms with Gasteiger partial charge in [0.15, 0.2) is 0 Å². The largest absolute Gasteiger partial charge is 0.308 e. The summed E-state index contributed by atoms with van der Waals surface area (Å²) in [6.07, 6.45) is 1.13. The second-order valence-corrected chi connectivity index (χ2v) is 7.40. The standard InChI is InChI=1S/C17H17N3O3S/c1-12(20(24(2,22)23)13-8-4-3-5-9-13)16-18-15-11-7-6-10-14(15)17(21)19-16/h3-12H,1-2H3,(H,18,19,21). The second kappa shape index (κ2) is 6.09. The van der Waals surface area contributed by atoms with E-state index in [0.29, 0.717) is 22.4 Å². The van der Waals surface area contributed by atoms with Crippen LogP contribution in [0.5, 0.6) is 0 Å². The van der Waals surface area contributed by atoms with Crippen LogP contribution < -0.4 is 9.86 Å². The Kier molecular flexibility index (Phi) is 4.11. The third-order valence-electron chi connectivity index (χ3n) is 3.75. The number of benzene rings is 2. The molecule has 124 valence electrons. The van der Waals surface area contributed by atoms with Crippen molar-refractivity contribution in [1.29, 1.82) is 0 Å². The molecule has 0 saturated carbocycles. The van der Waals surface area contributed by atoms with E-state index in [4.69, 9.17) is 0 Å². The van der Waals surface area contributed by atoms with Crippen LogP contribution in [0.1, 0.15) is 18.8 Å². The first-order valence-corrected chi connectivity index (χ1v) is 9.26. The fourth-order valence-electron chi connectivity index (χ4n) is 2.69. The number of rotatable bonds is 4. The monoisotopic (exact) mass is 343 g/mol. The number of hydrogen-bond acceptors (Lipinski definition) is 4. The van der Waals surface area contributed by atoms with Gasteiger partial charge in [0, 0.05) is 0 Å². The Morgan fingerprint density at radius 2 is 1.67 bits per heavy atom. The minimum absolute atomic E-state index is 0.288. The van der Waals surface area contributed by atoms with E-state index >= 15 is 0 Å². The summed E-state index contributed by atoms with van der Waals surface area (Å²) in [4.78, 5) is 19.4. The molecule has 1 heterocycles. The number of hydrogen-bond donors (Lipinski definition) is 1. The van der Waals surface area contributed by atoms with Gasteiger partial charge < -0.3 is 4.98 Å². The molecule has 7 heteroatoms. The molecular formula is C17H17N3O3S. The number of aromatic nitrogens is 2. The molecule has 0 aliphatic heterocycles. The summed E-state index contributed by atoms with van der Waals surface area (Å²) >= 11 is 0. The maximum Gasteiger partial charge on any atom is 0.258 e. The van der Waals surface area contributed by atoms with E-state index in [1.165, 1.54) is 4.31 Å². The smallest absolute Gasteiger partial charge is 0.258 e. The molecule has 0 fully saturated rings. The van der Waals surface area contributed by atoms with Crippen molar-refractivity contribution in [1.82, 2.24) is 9.97 Å². The Morgan fingerprint density at radius 1 is 1.04 bits per heavy atom. The molecule has 0 spiro atoms. The Hall–Kier alpha value is -2.67. The summed E-state index contributed by atoms with van der Waals surface area (Å²) in [7, 11) is -3.56. The number of sulfonamides is 1. The number of nitrogens with one attached hydrogen (secondary N) is 1. The molecule has 3 rings (SSSR count). The van der Waals surface area contributed by atoms with Crippen molar-refractivity contribution in [3.05, 3.63) is 70.8 Å². The van der Waals surface area contributed by atoms with Crippen LogP contribution in [0.15, 0.2) is 59.4 Å². The molecule has 0 bridgehead atoms. The second-order valence-electron chi connectivity index (χ2n) is 5.54. The van der Waals surface area contributed by atoms with Crippen molar-refractivity contribution < 1.29 is 8.42 Å². The fourth-order valence-corrected chi connectivity index (χ4v) is 3.87. The number of H-pyrrole nitrogens is 1. The summed E-state index contributed by atoms with van der Waals surface area (Å²) in [5.41, 5.74) is 0.761. The van der Waals surface area contributed by atoms with Crippen LogP contribution in [0.4, 0.5) is 5.69 Å². The summed E-state index contributed by atoms with van der Waals surface area (Å²) in [5.74, 6) is 0.299. The third-order valence-corrected chi connectivity index (χ3v) is 4.99. The molecule has 1 unspecified atom stereocenters. The molecular weight excluding hydrogens is 326 g/mol. The van der Waals surface area contributed by atoms with Crippen LogP contribution in [0.3, 0.4) is 0 Å². The van der Waals surface area contributed by atoms with Gasteiger partial charge in [-0.15, -0.1) is 0 Å². The lowest BCUT2D eigenvalue weighted by molar-refractivity contribution is 0.585. The average Bonchev–Trinajstić information content (AvgIpc) is 2.54. The van der Waals surface area contributed by atoms with E-state index in [2.05, 4.69) is 9.97 Å². The average molecular weight is 343 g/mol. The number of fused-ring (bicyclic) bond motifs is 1. The van der Waals surface area contributed by atoms with E-state index in [1.807, 2.05) is 6.07 Å². The first kappa shape index (κ1) is 16.2. The van der Waals surface area contributed by atoms with Crippen molar-refractivity contribution in [2.45, 2.75) is 13.0 Å². The highest BCUT2D eigenvalue weighted by molar-refractivity contribution is 7.92. The van der Waals surface area contributed by atoms with E-state index in [-0.39, 0.29) is 5.56 Å². The zero-order valence-electron chi connectivity index (χ0n) is 13.3. The topological polar surface area (TPSA) is 83.1 Å². The summed E-state index contributed by atoms with van der Waals surface area (Å²) < 4.78 is 25.9. The molecule has 0 aliphatic rings. The number of nitrogens with zero attached hydrogens (tertiary/aromatic N) is 2. The molecule has 2 aromatic carbocycles. The zero-order chi connectivity index (χ0) is 17.3. The van der Waals surface area contributed by atoms with Crippen molar-refractivity contribution >= 4 is 26.6 Å². The van der Waals surface area contributed by atoms with Crippen LogP contribution >= 0.6 is 0 Å². The van der Waals surface area contributed by atoms with Gasteiger partial charge in [0.25, 0.3) is 5.56 Å². The lowest BCUT2D eigenvalue weighted by atomic mass is 10.2. The maximum absolute atomic E-state index is 12.3. The first-order chi connectivity index (χ1) is 11.4. The van der Waals surface area contributed by atoms with Crippen molar-refractivity contribution in [3.63, 3.8) is 0 Å². The maximum atomic E-state index is 12.3. The van der Waals surface area contributed by atoms with Crippen LogP contribution in [-0.2, 0) is 10.0 Å². The SMILES string of the molecule is CC(c1nc2ccccc2c(=O)[nH]1)N(c1ccccc1)S(C)(=O)=O. The highest BCUT2D eigenvalue weighted by Gasteiger charge is 2.26. The van der Waals surface area contributed by atoms with Gasteiger partial charge in [0.2, 0.25) is 10.0 Å². The van der Waals surface area contributed by atoms with Gasteiger partial charge >= 0.3 is 0 Å². The quantitative estimate of drug-likeness (QED) is 0.789. The fraction of sp³-hybridized carbons (Fsp3) is 0.176. The Bertz CT molecular complexity index is 1030. The van der Waals surface area contributed by atoms with Gasteiger partial charge in [-0.1, -0.05) is 30.3 Å². The molecule has 6 nitrogen and oxygen atoms in total. The minimum atomic E-state index is -3.56. The van der Waals surface area contributed by atoms with Crippen molar-refractivity contribution in [3.8, 4) is 0 Å². The Morgan fingerprint density at radius 3 is 2.33 bits per heavy atom. The Balaban J connectivity index is 2.15. The van der Waals surface area contributed by atoms with E-state index in [9.17, 15) is 13.2 Å². The molecule has 3 aromatic rings. The van der Waals surface area contributed by atoms with Crippen molar-refractivity contribution in [2.75, 3.05) is 10.6 Å². The molecule has 24 heavy (non-hydrogen) atoms. The number of para-hydroxylation sites is 2. The molecule has 0 saturated heterocycles. The van der Waals surface area contributed by atoms with Crippen LogP contribution in [0, 0.1) is 0 Å². The van der Waals surface area contributed by atoms with Crippen molar-refractivity contribution in [2.24, 2.45) is 0 Å². The molecule has 1 atom stereocenters. The van der Waals surface area contributed by atoms with Crippen LogP contribution in [-0.4, -0.2) is 24.6 Å². The van der Waals surface area contributed by atoms with Gasteiger partial charge in [-0.3, -0.25) is 9.10 Å². The minimum Gasteiger partial charge on any atom is -0.308 e. The molecule has 1 N–H and O–H groups in total. The molecule has 0 radical (unpaired) electrons. The van der Waals surface area contributed by atoms with Gasteiger partial charge in [-0.05, 0) is 31.2 Å². The predicted molar refractivity (Wildman–Crippen MR) is 94.5 cm³/mol. The van der Waals surface area contributed by atoms with Crippen LogP contribution in [0.2, 0.25) is 0 Å². The van der Waals surface area contributed by atoms with E-state index < -0.39 is 16.1 Å². The summed E-state index contributed by atoms with van der Waals surface area (Å²) in [6, 6.07) is 15.0. The summed E-state index contributed by atoms with van der Waals surface area (Å²) in [5, 5.41) is 0.471. The predicted octanol–water partition coefficient (Wildman–Crippen LogP) is 2.45. The third kappa shape index (κ3) is 3.03. The van der Waals surface area contributed by atoms with E-state index in [1.54, 1.807) is 55.5 Å².